The summed E-state index contributed by atoms with van der Waals surface area (Å²) in [6.45, 7) is 7.97. The molecule has 1 aliphatic heterocycles. The number of aromatic carboxylic acids is 1. The van der Waals surface area contributed by atoms with Crippen LogP contribution in [0.5, 0.6) is 0 Å². The molecule has 0 spiro atoms. The first-order valence-electron chi connectivity index (χ1n) is 12.1. The summed E-state index contributed by atoms with van der Waals surface area (Å²) in [5, 5.41) is 13.4. The molecule has 0 aliphatic carbocycles. The van der Waals surface area contributed by atoms with Gasteiger partial charge in [0.25, 0.3) is 5.91 Å². The summed E-state index contributed by atoms with van der Waals surface area (Å²) >= 11 is 0. The smallest absolute Gasteiger partial charge is 0.335 e. The summed E-state index contributed by atoms with van der Waals surface area (Å²) in [5.74, 6) is -0.251. The van der Waals surface area contributed by atoms with E-state index in [2.05, 4.69) is 43.9 Å². The molecule has 1 aliphatic rings. The van der Waals surface area contributed by atoms with Crippen molar-refractivity contribution in [2.45, 2.75) is 20.4 Å². The zero-order chi connectivity index (χ0) is 25.2. The Labute approximate surface area is 209 Å². The number of nitrogens with zero attached hydrogens (tertiary/aromatic N) is 4. The predicted octanol–water partition coefficient (Wildman–Crippen LogP) is 4.64. The fourth-order valence-electron chi connectivity index (χ4n) is 4.73. The van der Waals surface area contributed by atoms with Gasteiger partial charge >= 0.3 is 5.97 Å². The number of aryl methyl sites for hydroxylation is 2. The molecule has 1 saturated heterocycles. The Morgan fingerprint density at radius 2 is 1.75 bits per heavy atom. The minimum absolute atomic E-state index is 0.187. The van der Waals surface area contributed by atoms with E-state index in [1.807, 2.05) is 49.4 Å². The van der Waals surface area contributed by atoms with Crippen LogP contribution in [0, 0.1) is 6.92 Å². The summed E-state index contributed by atoms with van der Waals surface area (Å²) < 4.78 is 2.15. The van der Waals surface area contributed by atoms with Gasteiger partial charge in [0.1, 0.15) is 5.82 Å². The average Bonchev–Trinajstić information content (AvgIpc) is 3.31. The summed E-state index contributed by atoms with van der Waals surface area (Å²) in [6.07, 6.45) is 3.67. The van der Waals surface area contributed by atoms with Gasteiger partial charge in [-0.2, -0.15) is 0 Å². The molecule has 2 aromatic heterocycles. The van der Waals surface area contributed by atoms with Gasteiger partial charge in [-0.3, -0.25) is 4.79 Å². The largest absolute Gasteiger partial charge is 0.478 e. The van der Waals surface area contributed by atoms with Crippen molar-refractivity contribution in [3.8, 4) is 0 Å². The number of nitrogens with one attached hydrogen (secondary N) is 1. The number of hydrogen-bond acceptors (Lipinski definition) is 5. The van der Waals surface area contributed by atoms with Crippen LogP contribution in [0.2, 0.25) is 0 Å². The lowest BCUT2D eigenvalue weighted by atomic mass is 10.1. The van der Waals surface area contributed by atoms with Crippen molar-refractivity contribution in [3.05, 3.63) is 83.7 Å². The Kier molecular flexibility index (Phi) is 6.33. The van der Waals surface area contributed by atoms with Crippen LogP contribution in [0.15, 0.2) is 67.0 Å². The van der Waals surface area contributed by atoms with Crippen molar-refractivity contribution in [1.82, 2.24) is 9.55 Å². The van der Waals surface area contributed by atoms with Gasteiger partial charge in [0.15, 0.2) is 0 Å². The average molecular weight is 484 g/mol. The second-order valence-corrected chi connectivity index (χ2v) is 9.01. The number of carboxylic acid groups (broad SMARTS) is 1. The number of carbonyl (C=O) groups excluding carboxylic acids is 1. The summed E-state index contributed by atoms with van der Waals surface area (Å²) in [5.41, 5.74) is 4.49. The highest BCUT2D eigenvalue weighted by atomic mass is 16.4. The molecule has 1 amide bonds. The topological polar surface area (TPSA) is 90.7 Å². The number of aromatic nitrogens is 2. The van der Waals surface area contributed by atoms with Gasteiger partial charge in [0.05, 0.1) is 16.6 Å². The number of pyridine rings is 1. The normalized spacial score (nSPS) is 13.7. The lowest BCUT2D eigenvalue weighted by molar-refractivity contribution is 0.0696. The number of carbonyl (C=O) groups is 2. The van der Waals surface area contributed by atoms with Crippen LogP contribution in [-0.2, 0) is 6.54 Å². The molecule has 2 aromatic carbocycles. The Bertz CT molecular complexity index is 1420. The molecule has 0 atom stereocenters. The highest BCUT2D eigenvalue weighted by molar-refractivity contribution is 6.05. The van der Waals surface area contributed by atoms with Gasteiger partial charge in [-0.25, -0.2) is 9.78 Å². The van der Waals surface area contributed by atoms with E-state index in [9.17, 15) is 14.7 Å². The third-order valence-electron chi connectivity index (χ3n) is 6.79. The van der Waals surface area contributed by atoms with E-state index in [0.29, 0.717) is 11.1 Å². The Morgan fingerprint density at radius 3 is 2.42 bits per heavy atom. The summed E-state index contributed by atoms with van der Waals surface area (Å²) in [7, 11) is 0. The Balaban J connectivity index is 1.20. The standard InChI is InChI=1S/C28H29N5O3/c1-3-31-11-10-20-4-6-22(17-25(20)31)30-27(34)21-5-9-26(29-18-21)33-14-12-32(13-15-33)23-7-8-24(28(35)36)19(2)16-23/h4-11,16-18H,3,12-15H2,1-2H3,(H,30,34)(H,35,36). The maximum absolute atomic E-state index is 12.8. The highest BCUT2D eigenvalue weighted by Crippen LogP contribution is 2.24. The molecule has 0 radical (unpaired) electrons. The molecular formula is C28H29N5O3. The van der Waals surface area contributed by atoms with E-state index in [1.54, 1.807) is 12.3 Å². The van der Waals surface area contributed by atoms with Crippen LogP contribution in [-0.4, -0.2) is 52.7 Å². The summed E-state index contributed by atoms with van der Waals surface area (Å²) in [6, 6.07) is 17.2. The van der Waals surface area contributed by atoms with Crippen LogP contribution >= 0.6 is 0 Å². The molecule has 0 saturated carbocycles. The second-order valence-electron chi connectivity index (χ2n) is 9.01. The van der Waals surface area contributed by atoms with E-state index in [0.717, 1.165) is 66.4 Å². The summed E-state index contributed by atoms with van der Waals surface area (Å²) in [4.78, 5) is 33.1. The molecule has 184 valence electrons. The van der Waals surface area contributed by atoms with Crippen molar-refractivity contribution in [2.24, 2.45) is 0 Å². The van der Waals surface area contributed by atoms with Gasteiger partial charge in [0.2, 0.25) is 0 Å². The fraction of sp³-hybridized carbons (Fsp3) is 0.250. The zero-order valence-electron chi connectivity index (χ0n) is 20.4. The Hall–Kier alpha value is -4.33. The molecule has 1 fully saturated rings. The monoisotopic (exact) mass is 483 g/mol. The Morgan fingerprint density at radius 1 is 0.972 bits per heavy atom. The fourth-order valence-corrected chi connectivity index (χ4v) is 4.73. The number of fused-ring (bicyclic) bond motifs is 1. The van der Waals surface area contributed by atoms with E-state index in [-0.39, 0.29) is 5.91 Å². The lowest BCUT2D eigenvalue weighted by Crippen LogP contribution is -2.46. The van der Waals surface area contributed by atoms with Crippen LogP contribution in [0.1, 0.15) is 33.2 Å². The number of benzene rings is 2. The van der Waals surface area contributed by atoms with Gasteiger partial charge in [-0.15, -0.1) is 0 Å². The molecule has 0 bridgehead atoms. The number of rotatable bonds is 6. The second kappa shape index (κ2) is 9.73. The SMILES string of the molecule is CCn1ccc2ccc(NC(=O)c3ccc(N4CCN(c5ccc(C(=O)O)c(C)c5)CC4)nc3)cc21. The van der Waals surface area contributed by atoms with Gasteiger partial charge < -0.3 is 24.8 Å². The van der Waals surface area contributed by atoms with Crippen molar-refractivity contribution in [3.63, 3.8) is 0 Å². The van der Waals surface area contributed by atoms with Gasteiger partial charge in [-0.1, -0.05) is 6.07 Å². The molecular weight excluding hydrogens is 454 g/mol. The van der Waals surface area contributed by atoms with E-state index < -0.39 is 5.97 Å². The van der Waals surface area contributed by atoms with Gasteiger partial charge in [0, 0.05) is 56.5 Å². The number of piperazine rings is 1. The minimum Gasteiger partial charge on any atom is -0.478 e. The molecule has 8 nitrogen and oxygen atoms in total. The third kappa shape index (κ3) is 4.62. The van der Waals surface area contributed by atoms with Crippen LogP contribution < -0.4 is 15.1 Å². The first-order valence-corrected chi connectivity index (χ1v) is 12.1. The van der Waals surface area contributed by atoms with E-state index in [4.69, 9.17) is 0 Å². The minimum atomic E-state index is -0.903. The van der Waals surface area contributed by atoms with Gasteiger partial charge in [-0.05, 0) is 73.3 Å². The number of amides is 1. The van der Waals surface area contributed by atoms with Crippen LogP contribution in [0.25, 0.3) is 10.9 Å². The first-order chi connectivity index (χ1) is 17.4. The molecule has 4 aromatic rings. The molecule has 2 N–H and O–H groups in total. The maximum atomic E-state index is 12.8. The van der Waals surface area contributed by atoms with Crippen molar-refractivity contribution < 1.29 is 14.7 Å². The molecule has 8 heteroatoms. The van der Waals surface area contributed by atoms with E-state index in [1.165, 1.54) is 0 Å². The molecule has 0 unspecified atom stereocenters. The highest BCUT2D eigenvalue weighted by Gasteiger charge is 2.20. The van der Waals surface area contributed by atoms with Crippen molar-refractivity contribution in [2.75, 3.05) is 41.3 Å². The number of anilines is 3. The van der Waals surface area contributed by atoms with Crippen molar-refractivity contribution >= 4 is 40.0 Å². The molecule has 36 heavy (non-hydrogen) atoms. The molecule has 3 heterocycles. The van der Waals surface area contributed by atoms with E-state index >= 15 is 0 Å². The quantitative estimate of drug-likeness (QED) is 0.415. The molecule has 5 rings (SSSR count). The maximum Gasteiger partial charge on any atom is 0.335 e. The van der Waals surface area contributed by atoms with Crippen LogP contribution in [0.3, 0.4) is 0 Å². The van der Waals surface area contributed by atoms with Crippen LogP contribution in [0.4, 0.5) is 17.2 Å². The number of hydrogen-bond donors (Lipinski definition) is 2. The predicted molar refractivity (Wildman–Crippen MR) is 142 cm³/mol. The third-order valence-corrected chi connectivity index (χ3v) is 6.79. The number of carboxylic acids is 1. The van der Waals surface area contributed by atoms with Crippen molar-refractivity contribution in [1.29, 1.82) is 0 Å². The first kappa shape index (κ1) is 23.4. The lowest BCUT2D eigenvalue weighted by Gasteiger charge is -2.37. The zero-order valence-corrected chi connectivity index (χ0v) is 20.4.